The number of alkyl halides is 1. The van der Waals surface area contributed by atoms with E-state index in [1.54, 1.807) is 20.8 Å². The zero-order chi connectivity index (χ0) is 11.4. The van der Waals surface area contributed by atoms with Crippen molar-refractivity contribution in [2.45, 2.75) is 56.5 Å². The summed E-state index contributed by atoms with van der Waals surface area (Å²) in [6, 6.07) is 0. The van der Waals surface area contributed by atoms with Crippen LogP contribution in [0.15, 0.2) is 0 Å². The van der Waals surface area contributed by atoms with E-state index in [1.165, 1.54) is 0 Å². The maximum Gasteiger partial charge on any atom is 0.155 e. The van der Waals surface area contributed by atoms with Crippen LogP contribution in [0.2, 0.25) is 0 Å². The Hall–Kier alpha value is 0.430. The Morgan fingerprint density at radius 3 is 2.07 bits per heavy atom. The van der Waals surface area contributed by atoms with Crippen molar-refractivity contribution in [1.29, 1.82) is 0 Å². The Morgan fingerprint density at radius 1 is 1.21 bits per heavy atom. The molecule has 1 unspecified atom stereocenters. The van der Waals surface area contributed by atoms with Crippen molar-refractivity contribution in [2.24, 2.45) is 0 Å². The second kappa shape index (κ2) is 5.50. The normalized spacial score (nSPS) is 15.5. The lowest BCUT2D eigenvalue weighted by Crippen LogP contribution is -2.30. The summed E-state index contributed by atoms with van der Waals surface area (Å²) in [6.45, 7) is 7.36. The van der Waals surface area contributed by atoms with Gasteiger partial charge in [0.1, 0.15) is 0 Å². The van der Waals surface area contributed by atoms with Gasteiger partial charge in [0.15, 0.2) is 9.84 Å². The fourth-order valence-electron chi connectivity index (χ4n) is 1.02. The standard InChI is InChI=1S/C10H21BrO2S/c1-9(11)7-5-6-8-14(12,13)10(2,3)4/h9H,5-8H2,1-4H3. The molecule has 1 atom stereocenters. The van der Waals surface area contributed by atoms with Crippen LogP contribution in [0.25, 0.3) is 0 Å². The summed E-state index contributed by atoms with van der Waals surface area (Å²) in [5, 5.41) is 0. The van der Waals surface area contributed by atoms with E-state index < -0.39 is 14.6 Å². The van der Waals surface area contributed by atoms with Crippen LogP contribution < -0.4 is 0 Å². The van der Waals surface area contributed by atoms with Crippen LogP contribution >= 0.6 is 15.9 Å². The number of unbranched alkanes of at least 4 members (excludes halogenated alkanes) is 1. The second-order valence-corrected chi connectivity index (χ2v) is 9.13. The Labute approximate surface area is 96.5 Å². The third kappa shape index (κ3) is 5.35. The first-order chi connectivity index (χ1) is 6.17. The minimum atomic E-state index is -2.91. The second-order valence-electron chi connectivity index (χ2n) is 4.71. The molecule has 0 heterocycles. The van der Waals surface area contributed by atoms with Gasteiger partial charge < -0.3 is 0 Å². The maximum absolute atomic E-state index is 11.7. The van der Waals surface area contributed by atoms with Crippen molar-refractivity contribution in [2.75, 3.05) is 5.75 Å². The summed E-state index contributed by atoms with van der Waals surface area (Å²) in [5.41, 5.74) is 0. The molecule has 0 amide bonds. The number of halogens is 1. The van der Waals surface area contributed by atoms with E-state index in [4.69, 9.17) is 0 Å². The van der Waals surface area contributed by atoms with Gasteiger partial charge in [0.2, 0.25) is 0 Å². The molecule has 0 spiro atoms. The first-order valence-electron chi connectivity index (χ1n) is 5.03. The van der Waals surface area contributed by atoms with Crippen LogP contribution in [-0.2, 0) is 9.84 Å². The van der Waals surface area contributed by atoms with E-state index in [9.17, 15) is 8.42 Å². The lowest BCUT2D eigenvalue weighted by Gasteiger charge is -2.18. The first-order valence-corrected chi connectivity index (χ1v) is 7.60. The van der Waals surface area contributed by atoms with E-state index in [-0.39, 0.29) is 0 Å². The van der Waals surface area contributed by atoms with Gasteiger partial charge in [-0.3, -0.25) is 0 Å². The molecule has 0 aliphatic carbocycles. The summed E-state index contributed by atoms with van der Waals surface area (Å²) < 4.78 is 22.8. The van der Waals surface area contributed by atoms with E-state index in [0.29, 0.717) is 10.6 Å². The molecule has 0 N–H and O–H groups in total. The SMILES string of the molecule is CC(Br)CCCCS(=O)(=O)C(C)(C)C. The minimum Gasteiger partial charge on any atom is -0.228 e. The van der Waals surface area contributed by atoms with Crippen LogP contribution in [0.1, 0.15) is 47.0 Å². The third-order valence-electron chi connectivity index (χ3n) is 2.20. The molecule has 0 aliphatic rings. The molecule has 0 saturated heterocycles. The van der Waals surface area contributed by atoms with Crippen LogP contribution in [0.3, 0.4) is 0 Å². The van der Waals surface area contributed by atoms with Gasteiger partial charge in [0, 0.05) is 4.83 Å². The van der Waals surface area contributed by atoms with Gasteiger partial charge in [-0.15, -0.1) is 0 Å². The highest BCUT2D eigenvalue weighted by molar-refractivity contribution is 9.09. The fraction of sp³-hybridized carbons (Fsp3) is 1.00. The highest BCUT2D eigenvalue weighted by Crippen LogP contribution is 2.18. The molecule has 0 aromatic heterocycles. The lowest BCUT2D eigenvalue weighted by atomic mass is 10.2. The van der Waals surface area contributed by atoms with E-state index >= 15 is 0 Å². The largest absolute Gasteiger partial charge is 0.228 e. The zero-order valence-corrected chi connectivity index (χ0v) is 11.9. The predicted molar refractivity (Wildman–Crippen MR) is 65.8 cm³/mol. The highest BCUT2D eigenvalue weighted by atomic mass is 79.9. The highest BCUT2D eigenvalue weighted by Gasteiger charge is 2.27. The van der Waals surface area contributed by atoms with Gasteiger partial charge in [0.25, 0.3) is 0 Å². The molecule has 4 heteroatoms. The smallest absolute Gasteiger partial charge is 0.155 e. The number of hydrogen-bond donors (Lipinski definition) is 0. The third-order valence-corrected chi connectivity index (χ3v) is 5.35. The molecule has 14 heavy (non-hydrogen) atoms. The Bertz CT molecular complexity index is 250. The van der Waals surface area contributed by atoms with Gasteiger partial charge in [0.05, 0.1) is 10.5 Å². The molecule has 0 aromatic carbocycles. The van der Waals surface area contributed by atoms with Gasteiger partial charge >= 0.3 is 0 Å². The monoisotopic (exact) mass is 284 g/mol. The van der Waals surface area contributed by atoms with Crippen molar-refractivity contribution in [1.82, 2.24) is 0 Å². The van der Waals surface area contributed by atoms with E-state index in [2.05, 4.69) is 22.9 Å². The number of rotatable bonds is 5. The summed E-state index contributed by atoms with van der Waals surface area (Å²) in [7, 11) is -2.91. The van der Waals surface area contributed by atoms with Crippen LogP contribution in [0.5, 0.6) is 0 Å². The van der Waals surface area contributed by atoms with Gasteiger partial charge in [-0.1, -0.05) is 29.3 Å². The molecule has 0 aromatic rings. The van der Waals surface area contributed by atoms with Crippen molar-refractivity contribution >= 4 is 25.8 Å². The first kappa shape index (κ1) is 14.4. The quantitative estimate of drug-likeness (QED) is 0.574. The summed E-state index contributed by atoms with van der Waals surface area (Å²) in [6.07, 6.45) is 2.79. The molecule has 2 nitrogen and oxygen atoms in total. The lowest BCUT2D eigenvalue weighted by molar-refractivity contribution is 0.555. The Morgan fingerprint density at radius 2 is 1.71 bits per heavy atom. The molecule has 0 bridgehead atoms. The molecular formula is C10H21BrO2S. The van der Waals surface area contributed by atoms with Crippen molar-refractivity contribution in [3.8, 4) is 0 Å². The van der Waals surface area contributed by atoms with Crippen LogP contribution in [0.4, 0.5) is 0 Å². The van der Waals surface area contributed by atoms with Crippen LogP contribution in [-0.4, -0.2) is 23.7 Å². The van der Waals surface area contributed by atoms with Gasteiger partial charge in [-0.2, -0.15) is 0 Å². The van der Waals surface area contributed by atoms with Crippen molar-refractivity contribution < 1.29 is 8.42 Å². The molecule has 0 fully saturated rings. The van der Waals surface area contributed by atoms with E-state index in [0.717, 1.165) is 19.3 Å². The van der Waals surface area contributed by atoms with Gasteiger partial charge in [-0.25, -0.2) is 8.42 Å². The topological polar surface area (TPSA) is 34.1 Å². The molecule has 0 saturated carbocycles. The van der Waals surface area contributed by atoms with Crippen molar-refractivity contribution in [3.63, 3.8) is 0 Å². The number of hydrogen-bond acceptors (Lipinski definition) is 2. The molecule has 86 valence electrons. The predicted octanol–water partition coefficient (Wildman–Crippen LogP) is 3.15. The molecule has 0 radical (unpaired) electrons. The summed E-state index contributed by atoms with van der Waals surface area (Å²) >= 11 is 3.45. The summed E-state index contributed by atoms with van der Waals surface area (Å²) in [4.78, 5) is 0.486. The maximum atomic E-state index is 11.7. The molecular weight excluding hydrogens is 264 g/mol. The average molecular weight is 285 g/mol. The molecule has 0 aliphatic heterocycles. The minimum absolute atomic E-state index is 0.316. The average Bonchev–Trinajstić information content (AvgIpc) is 1.95. The summed E-state index contributed by atoms with van der Waals surface area (Å²) in [5.74, 6) is 0.316. The Balaban J connectivity index is 3.91. The molecule has 0 rings (SSSR count). The number of sulfone groups is 1. The van der Waals surface area contributed by atoms with E-state index in [1.807, 2.05) is 0 Å². The van der Waals surface area contributed by atoms with Gasteiger partial charge in [-0.05, 0) is 33.6 Å². The fourth-order valence-corrected chi connectivity index (χ4v) is 2.54. The zero-order valence-electron chi connectivity index (χ0n) is 9.51. The van der Waals surface area contributed by atoms with Crippen LogP contribution in [0, 0.1) is 0 Å². The van der Waals surface area contributed by atoms with Crippen molar-refractivity contribution in [3.05, 3.63) is 0 Å². The Kier molecular flexibility index (Phi) is 5.67.